The predicted molar refractivity (Wildman–Crippen MR) is 67.8 cm³/mol. The Morgan fingerprint density at radius 2 is 1.95 bits per heavy atom. The fraction of sp³-hybridized carbons (Fsp3) is 0.462. The molecule has 0 radical (unpaired) electrons. The smallest absolute Gasteiger partial charge is 0.466 e. The van der Waals surface area contributed by atoms with Crippen molar-refractivity contribution in [1.82, 2.24) is 0 Å². The number of ether oxygens (including phenoxy) is 2. The van der Waals surface area contributed by atoms with E-state index in [1.165, 1.54) is 17.0 Å². The van der Waals surface area contributed by atoms with Gasteiger partial charge in [0.25, 0.3) is 0 Å². The van der Waals surface area contributed by atoms with Crippen LogP contribution in [0.2, 0.25) is 0 Å². The van der Waals surface area contributed by atoms with Crippen molar-refractivity contribution >= 4 is 11.7 Å². The molecule has 0 heterocycles. The molecule has 0 N–H and O–H groups in total. The minimum Gasteiger partial charge on any atom is -0.466 e. The first-order valence-electron chi connectivity index (χ1n) is 5.94. The summed E-state index contributed by atoms with van der Waals surface area (Å²) in [5.74, 6) is -0.840. The van der Waals surface area contributed by atoms with Crippen LogP contribution < -0.4 is 9.64 Å². The number of benzene rings is 1. The van der Waals surface area contributed by atoms with E-state index in [9.17, 15) is 18.0 Å². The normalized spacial score (nSPS) is 11.1. The van der Waals surface area contributed by atoms with Crippen molar-refractivity contribution in [1.29, 1.82) is 0 Å². The lowest BCUT2D eigenvalue weighted by Crippen LogP contribution is -2.20. The average Bonchev–Trinajstić information content (AvgIpc) is 2.26. The molecule has 1 aromatic rings. The molecule has 0 bridgehead atoms. The fourth-order valence-corrected chi connectivity index (χ4v) is 1.62. The minimum absolute atomic E-state index is 0.101. The van der Waals surface area contributed by atoms with Crippen LogP contribution in [0.4, 0.5) is 18.9 Å². The monoisotopic (exact) mass is 291 g/mol. The van der Waals surface area contributed by atoms with Gasteiger partial charge < -0.3 is 14.4 Å². The standard InChI is InChI=1S/C13H16F3NO3/c1-4-19-12(18)8-9-5-6-10(17(2)3)11(7-9)20-13(14,15)16/h5-7H,4,8H2,1-3H3. The van der Waals surface area contributed by atoms with Crippen LogP contribution in [-0.2, 0) is 16.0 Å². The number of alkyl halides is 3. The van der Waals surface area contributed by atoms with E-state index in [2.05, 4.69) is 4.74 Å². The highest BCUT2D eigenvalue weighted by Crippen LogP contribution is 2.33. The Balaban J connectivity index is 3.01. The van der Waals surface area contributed by atoms with Crippen molar-refractivity contribution in [2.24, 2.45) is 0 Å². The molecule has 0 amide bonds. The summed E-state index contributed by atoms with van der Waals surface area (Å²) in [6.45, 7) is 1.88. The SMILES string of the molecule is CCOC(=O)Cc1ccc(N(C)C)c(OC(F)(F)F)c1. The molecule has 1 rings (SSSR count). The molecule has 0 aliphatic heterocycles. The van der Waals surface area contributed by atoms with Gasteiger partial charge in [0.15, 0.2) is 5.75 Å². The van der Waals surface area contributed by atoms with Crippen molar-refractivity contribution in [2.45, 2.75) is 19.7 Å². The summed E-state index contributed by atoms with van der Waals surface area (Å²) in [6, 6.07) is 4.23. The van der Waals surface area contributed by atoms with Crippen molar-refractivity contribution in [3.8, 4) is 5.75 Å². The Labute approximate surface area is 115 Å². The fourth-order valence-electron chi connectivity index (χ4n) is 1.62. The van der Waals surface area contributed by atoms with Crippen molar-refractivity contribution in [3.05, 3.63) is 23.8 Å². The van der Waals surface area contributed by atoms with Gasteiger partial charge in [0.05, 0.1) is 18.7 Å². The third kappa shape index (κ3) is 4.99. The van der Waals surface area contributed by atoms with E-state index < -0.39 is 12.3 Å². The first kappa shape index (κ1) is 16.1. The third-order valence-electron chi connectivity index (χ3n) is 2.39. The molecule has 0 saturated heterocycles. The van der Waals surface area contributed by atoms with Crippen LogP contribution in [0.25, 0.3) is 0 Å². The molecule has 0 aromatic heterocycles. The van der Waals surface area contributed by atoms with Gasteiger partial charge in [-0.15, -0.1) is 13.2 Å². The van der Waals surface area contributed by atoms with Crippen LogP contribution in [-0.4, -0.2) is 33.0 Å². The molecule has 0 saturated carbocycles. The van der Waals surface area contributed by atoms with E-state index in [1.54, 1.807) is 27.1 Å². The number of esters is 1. The van der Waals surface area contributed by atoms with Crippen LogP contribution in [0.15, 0.2) is 18.2 Å². The molecule has 7 heteroatoms. The topological polar surface area (TPSA) is 38.8 Å². The Bertz CT molecular complexity index is 472. The molecular weight excluding hydrogens is 275 g/mol. The third-order valence-corrected chi connectivity index (χ3v) is 2.39. The maximum Gasteiger partial charge on any atom is 0.573 e. The first-order valence-corrected chi connectivity index (χ1v) is 5.94. The molecule has 0 spiro atoms. The maximum atomic E-state index is 12.4. The number of carbonyl (C=O) groups excluding carboxylic acids is 1. The van der Waals surface area contributed by atoms with Gasteiger partial charge in [-0.25, -0.2) is 0 Å². The van der Waals surface area contributed by atoms with Gasteiger partial charge in [0, 0.05) is 14.1 Å². The van der Waals surface area contributed by atoms with Crippen molar-refractivity contribution in [2.75, 3.05) is 25.6 Å². The Morgan fingerprint density at radius 1 is 1.30 bits per heavy atom. The van der Waals surface area contributed by atoms with Gasteiger partial charge >= 0.3 is 12.3 Å². The number of halogens is 3. The molecule has 0 unspecified atom stereocenters. The first-order chi connectivity index (χ1) is 9.23. The van der Waals surface area contributed by atoms with Crippen LogP contribution >= 0.6 is 0 Å². The van der Waals surface area contributed by atoms with E-state index in [-0.39, 0.29) is 24.5 Å². The van der Waals surface area contributed by atoms with Crippen LogP contribution in [0.3, 0.4) is 0 Å². The average molecular weight is 291 g/mol. The second kappa shape index (κ2) is 6.49. The molecule has 0 atom stereocenters. The van der Waals surface area contributed by atoms with E-state index >= 15 is 0 Å². The largest absolute Gasteiger partial charge is 0.573 e. The van der Waals surface area contributed by atoms with Crippen LogP contribution in [0.5, 0.6) is 5.75 Å². The molecule has 1 aromatic carbocycles. The lowest BCUT2D eigenvalue weighted by Gasteiger charge is -2.19. The van der Waals surface area contributed by atoms with Gasteiger partial charge in [0.1, 0.15) is 0 Å². The Hall–Kier alpha value is -1.92. The van der Waals surface area contributed by atoms with Gasteiger partial charge in [-0.05, 0) is 24.6 Å². The number of anilines is 1. The molecule has 0 fully saturated rings. The quantitative estimate of drug-likeness (QED) is 0.782. The number of carbonyl (C=O) groups is 1. The Morgan fingerprint density at radius 3 is 2.45 bits per heavy atom. The predicted octanol–water partition coefficient (Wildman–Crippen LogP) is 2.76. The van der Waals surface area contributed by atoms with Gasteiger partial charge in [0.2, 0.25) is 0 Å². The second-order valence-corrected chi connectivity index (χ2v) is 4.23. The number of hydrogen-bond donors (Lipinski definition) is 0. The highest BCUT2D eigenvalue weighted by molar-refractivity contribution is 5.73. The summed E-state index contributed by atoms with van der Waals surface area (Å²) >= 11 is 0. The summed E-state index contributed by atoms with van der Waals surface area (Å²) in [6.07, 6.45) is -4.89. The zero-order valence-corrected chi connectivity index (χ0v) is 11.5. The van der Waals surface area contributed by atoms with Crippen LogP contribution in [0.1, 0.15) is 12.5 Å². The number of nitrogens with zero attached hydrogens (tertiary/aromatic N) is 1. The van der Waals surface area contributed by atoms with Gasteiger partial charge in [-0.1, -0.05) is 6.07 Å². The highest BCUT2D eigenvalue weighted by atomic mass is 19.4. The molecule has 4 nitrogen and oxygen atoms in total. The van der Waals surface area contributed by atoms with E-state index in [1.807, 2.05) is 0 Å². The van der Waals surface area contributed by atoms with Crippen molar-refractivity contribution in [3.63, 3.8) is 0 Å². The molecular formula is C13H16F3NO3. The van der Waals surface area contributed by atoms with Gasteiger partial charge in [-0.3, -0.25) is 4.79 Å². The van der Waals surface area contributed by atoms with Crippen molar-refractivity contribution < 1.29 is 27.4 Å². The maximum absolute atomic E-state index is 12.4. The zero-order valence-electron chi connectivity index (χ0n) is 11.5. The highest BCUT2D eigenvalue weighted by Gasteiger charge is 2.32. The number of rotatable bonds is 5. The van der Waals surface area contributed by atoms with E-state index in [4.69, 9.17) is 4.74 Å². The molecule has 112 valence electrons. The number of hydrogen-bond acceptors (Lipinski definition) is 4. The Kier molecular flexibility index (Phi) is 5.24. The lowest BCUT2D eigenvalue weighted by atomic mass is 10.1. The molecule has 20 heavy (non-hydrogen) atoms. The zero-order chi connectivity index (χ0) is 15.3. The summed E-state index contributed by atoms with van der Waals surface area (Å²) < 4.78 is 45.8. The molecule has 0 aliphatic carbocycles. The minimum atomic E-state index is -4.78. The molecule has 0 aliphatic rings. The lowest BCUT2D eigenvalue weighted by molar-refractivity contribution is -0.274. The summed E-state index contributed by atoms with van der Waals surface area (Å²) in [5.41, 5.74) is 0.670. The van der Waals surface area contributed by atoms with E-state index in [0.717, 1.165) is 0 Å². The van der Waals surface area contributed by atoms with Crippen LogP contribution in [0, 0.1) is 0 Å². The second-order valence-electron chi connectivity index (χ2n) is 4.23. The summed E-state index contributed by atoms with van der Waals surface area (Å²) in [7, 11) is 3.20. The van der Waals surface area contributed by atoms with Gasteiger partial charge in [-0.2, -0.15) is 0 Å². The van der Waals surface area contributed by atoms with E-state index in [0.29, 0.717) is 5.56 Å². The summed E-state index contributed by atoms with van der Waals surface area (Å²) in [4.78, 5) is 12.8. The summed E-state index contributed by atoms with van der Waals surface area (Å²) in [5, 5.41) is 0.